The van der Waals surface area contributed by atoms with Gasteiger partial charge in [0.25, 0.3) is 5.56 Å². The molecule has 0 bridgehead atoms. The third-order valence-electron chi connectivity index (χ3n) is 2.72. The van der Waals surface area contributed by atoms with Crippen molar-refractivity contribution in [3.05, 3.63) is 51.6 Å². The molecule has 0 radical (unpaired) electrons. The number of hydrogen-bond acceptors (Lipinski definition) is 3. The molecule has 6 heteroatoms. The first-order chi connectivity index (χ1) is 8.72. The molecule has 18 heavy (non-hydrogen) atoms. The van der Waals surface area contributed by atoms with Gasteiger partial charge >= 0.3 is 5.69 Å². The Hall–Kier alpha value is -2.11. The molecule has 0 saturated carbocycles. The van der Waals surface area contributed by atoms with Gasteiger partial charge in [-0.15, -0.1) is 0 Å². The largest absolute Gasteiger partial charge is 0.331 e. The van der Waals surface area contributed by atoms with Crippen LogP contribution >= 0.6 is 0 Å². The van der Waals surface area contributed by atoms with Crippen molar-refractivity contribution in [1.29, 1.82) is 0 Å². The molecule has 0 N–H and O–H groups in total. The van der Waals surface area contributed by atoms with Crippen molar-refractivity contribution >= 4 is 0 Å². The predicted octanol–water partition coefficient (Wildman–Crippen LogP) is 0.317. The van der Waals surface area contributed by atoms with Gasteiger partial charge in [-0.1, -0.05) is 6.92 Å². The van der Waals surface area contributed by atoms with Gasteiger partial charge in [-0.3, -0.25) is 14.0 Å². The lowest BCUT2D eigenvalue weighted by Crippen LogP contribution is -2.39. The first-order valence-corrected chi connectivity index (χ1v) is 6.00. The first kappa shape index (κ1) is 12.3. The highest BCUT2D eigenvalue weighted by molar-refractivity contribution is 4.86. The summed E-state index contributed by atoms with van der Waals surface area (Å²) in [7, 11) is 0. The van der Waals surface area contributed by atoms with Crippen molar-refractivity contribution in [2.24, 2.45) is 0 Å². The second-order valence-electron chi connectivity index (χ2n) is 4.05. The maximum absolute atomic E-state index is 12.0. The number of hydrogen-bond donors (Lipinski definition) is 0. The maximum Gasteiger partial charge on any atom is 0.331 e. The summed E-state index contributed by atoms with van der Waals surface area (Å²) >= 11 is 0. The summed E-state index contributed by atoms with van der Waals surface area (Å²) in [6.07, 6.45) is 5.89. The molecule has 0 saturated heterocycles. The van der Waals surface area contributed by atoms with E-state index < -0.39 is 0 Å². The van der Waals surface area contributed by atoms with Crippen LogP contribution in [-0.4, -0.2) is 18.9 Å². The van der Waals surface area contributed by atoms with Crippen LogP contribution < -0.4 is 11.2 Å². The van der Waals surface area contributed by atoms with Gasteiger partial charge in [0.2, 0.25) is 0 Å². The van der Waals surface area contributed by atoms with Gasteiger partial charge in [-0.2, -0.15) is 5.10 Å². The lowest BCUT2D eigenvalue weighted by atomic mass is 10.4. The molecule has 0 unspecified atom stereocenters. The summed E-state index contributed by atoms with van der Waals surface area (Å²) in [5.74, 6) is 0. The van der Waals surface area contributed by atoms with E-state index in [9.17, 15) is 9.59 Å². The number of nitrogens with zero attached hydrogens (tertiary/aromatic N) is 4. The molecule has 0 aliphatic carbocycles. The lowest BCUT2D eigenvalue weighted by molar-refractivity contribution is 0.482. The van der Waals surface area contributed by atoms with E-state index in [-0.39, 0.29) is 11.2 Å². The predicted molar refractivity (Wildman–Crippen MR) is 67.5 cm³/mol. The topological polar surface area (TPSA) is 61.8 Å². The van der Waals surface area contributed by atoms with Crippen molar-refractivity contribution < 1.29 is 0 Å². The van der Waals surface area contributed by atoms with E-state index in [2.05, 4.69) is 5.10 Å². The second kappa shape index (κ2) is 5.48. The van der Waals surface area contributed by atoms with E-state index in [1.807, 2.05) is 13.0 Å². The summed E-state index contributed by atoms with van der Waals surface area (Å²) in [5.41, 5.74) is -0.518. The zero-order chi connectivity index (χ0) is 13.0. The molecular formula is C12H16N4O2. The Bertz CT molecular complexity index is 610. The molecular weight excluding hydrogens is 232 g/mol. The van der Waals surface area contributed by atoms with Crippen LogP contribution in [0, 0.1) is 0 Å². The van der Waals surface area contributed by atoms with E-state index in [1.165, 1.54) is 10.6 Å². The van der Waals surface area contributed by atoms with Crippen LogP contribution in [0.25, 0.3) is 0 Å². The fourth-order valence-corrected chi connectivity index (χ4v) is 1.81. The fraction of sp³-hybridized carbons (Fsp3) is 0.417. The minimum Gasteiger partial charge on any atom is -0.300 e. The van der Waals surface area contributed by atoms with Crippen molar-refractivity contribution in [1.82, 2.24) is 18.9 Å². The van der Waals surface area contributed by atoms with E-state index in [1.54, 1.807) is 27.8 Å². The van der Waals surface area contributed by atoms with E-state index in [0.717, 1.165) is 6.42 Å². The van der Waals surface area contributed by atoms with Crippen molar-refractivity contribution in [2.45, 2.75) is 33.0 Å². The molecule has 2 aromatic heterocycles. The summed E-state index contributed by atoms with van der Waals surface area (Å²) in [6.45, 7) is 3.47. The fourth-order valence-electron chi connectivity index (χ4n) is 1.81. The molecule has 0 fully saturated rings. The molecule has 6 nitrogen and oxygen atoms in total. The number of rotatable bonds is 5. The van der Waals surface area contributed by atoms with Gasteiger partial charge in [-0.05, 0) is 12.5 Å². The van der Waals surface area contributed by atoms with Gasteiger partial charge in [0, 0.05) is 31.2 Å². The molecule has 0 aromatic carbocycles. The van der Waals surface area contributed by atoms with Crippen molar-refractivity contribution in [3.8, 4) is 0 Å². The van der Waals surface area contributed by atoms with Crippen LogP contribution in [0.2, 0.25) is 0 Å². The summed E-state index contributed by atoms with van der Waals surface area (Å²) < 4.78 is 4.50. The smallest absolute Gasteiger partial charge is 0.300 e. The van der Waals surface area contributed by atoms with Gasteiger partial charge in [0.1, 0.15) is 0 Å². The first-order valence-electron chi connectivity index (χ1n) is 6.00. The molecule has 2 rings (SSSR count). The zero-order valence-corrected chi connectivity index (χ0v) is 10.3. The van der Waals surface area contributed by atoms with Gasteiger partial charge in [-0.25, -0.2) is 4.79 Å². The number of aryl methyl sites for hydroxylation is 2. The summed E-state index contributed by atoms with van der Waals surface area (Å²) in [6, 6.07) is 3.24. The van der Waals surface area contributed by atoms with Gasteiger partial charge < -0.3 is 4.57 Å². The SMILES string of the molecule is CCCn1ccc(=O)n(CCn2cccn2)c1=O. The van der Waals surface area contributed by atoms with E-state index in [4.69, 9.17) is 0 Å². The Balaban J connectivity index is 2.24. The molecule has 2 heterocycles. The van der Waals surface area contributed by atoms with E-state index in [0.29, 0.717) is 19.6 Å². The third kappa shape index (κ3) is 2.58. The standard InChI is InChI=1S/C12H16N4O2/c1-2-6-14-8-4-11(17)16(12(14)18)10-9-15-7-3-5-13-15/h3-5,7-8H,2,6,9-10H2,1H3. The quantitative estimate of drug-likeness (QED) is 0.765. The Morgan fingerprint density at radius 1 is 1.17 bits per heavy atom. The van der Waals surface area contributed by atoms with Crippen LogP contribution in [0.3, 0.4) is 0 Å². The molecule has 0 amide bonds. The van der Waals surface area contributed by atoms with Gasteiger partial charge in [0.05, 0.1) is 13.1 Å². The summed E-state index contributed by atoms with van der Waals surface area (Å²) in [4.78, 5) is 23.7. The average Bonchev–Trinajstić information content (AvgIpc) is 2.86. The number of aromatic nitrogens is 4. The highest BCUT2D eigenvalue weighted by Crippen LogP contribution is 1.87. The minimum absolute atomic E-state index is 0.253. The average molecular weight is 248 g/mol. The van der Waals surface area contributed by atoms with Crippen LogP contribution in [0.1, 0.15) is 13.3 Å². The highest BCUT2D eigenvalue weighted by Gasteiger charge is 2.04. The van der Waals surface area contributed by atoms with Gasteiger partial charge in [0.15, 0.2) is 0 Å². The molecule has 2 aromatic rings. The highest BCUT2D eigenvalue weighted by atomic mass is 16.2. The normalized spacial score (nSPS) is 10.7. The Morgan fingerprint density at radius 3 is 2.67 bits per heavy atom. The van der Waals surface area contributed by atoms with Crippen molar-refractivity contribution in [3.63, 3.8) is 0 Å². The molecule has 0 aliphatic rings. The zero-order valence-electron chi connectivity index (χ0n) is 10.3. The monoisotopic (exact) mass is 248 g/mol. The Morgan fingerprint density at radius 2 is 2.00 bits per heavy atom. The van der Waals surface area contributed by atoms with Crippen molar-refractivity contribution in [2.75, 3.05) is 0 Å². The molecule has 0 atom stereocenters. The maximum atomic E-state index is 12.0. The van der Waals surface area contributed by atoms with E-state index >= 15 is 0 Å². The molecule has 0 spiro atoms. The Kier molecular flexibility index (Phi) is 3.76. The second-order valence-corrected chi connectivity index (χ2v) is 4.05. The Labute approximate surface area is 104 Å². The summed E-state index contributed by atoms with van der Waals surface area (Å²) in [5, 5.41) is 4.04. The molecule has 0 aliphatic heterocycles. The minimum atomic E-state index is -0.264. The van der Waals surface area contributed by atoms with Crippen LogP contribution in [0.4, 0.5) is 0 Å². The van der Waals surface area contributed by atoms with Crippen LogP contribution in [-0.2, 0) is 19.6 Å². The third-order valence-corrected chi connectivity index (χ3v) is 2.72. The lowest BCUT2D eigenvalue weighted by Gasteiger charge is -2.08. The molecule has 96 valence electrons. The van der Waals surface area contributed by atoms with Crippen LogP contribution in [0.15, 0.2) is 40.3 Å². The van der Waals surface area contributed by atoms with Crippen LogP contribution in [0.5, 0.6) is 0 Å².